The number of nitrogens with one attached hydrogen (secondary N) is 1. The minimum atomic E-state index is -0.713. The molecule has 0 bridgehead atoms. The van der Waals surface area contributed by atoms with Crippen LogP contribution in [0.3, 0.4) is 0 Å². The van der Waals surface area contributed by atoms with Gasteiger partial charge in [0, 0.05) is 48.1 Å². The summed E-state index contributed by atoms with van der Waals surface area (Å²) in [6, 6.07) is 0.435. The predicted molar refractivity (Wildman–Crippen MR) is 63.3 cm³/mol. The van der Waals surface area contributed by atoms with Crippen LogP contribution in [0, 0.1) is 0 Å². The molecule has 1 heterocycles. The summed E-state index contributed by atoms with van der Waals surface area (Å²) in [5.74, 6) is 0.704. The predicted octanol–water partition coefficient (Wildman–Crippen LogP) is 0.932. The molecule has 1 aromatic heterocycles. The lowest BCUT2D eigenvalue weighted by molar-refractivity contribution is 0.555. The van der Waals surface area contributed by atoms with E-state index >= 15 is 0 Å². The molecule has 1 aromatic rings. The molecule has 1 rings (SSSR count). The van der Waals surface area contributed by atoms with Gasteiger partial charge >= 0.3 is 0 Å². The van der Waals surface area contributed by atoms with Gasteiger partial charge in [0.15, 0.2) is 0 Å². The van der Waals surface area contributed by atoms with E-state index in [0.29, 0.717) is 11.8 Å². The van der Waals surface area contributed by atoms with Crippen LogP contribution in [0.1, 0.15) is 25.6 Å². The van der Waals surface area contributed by atoms with Gasteiger partial charge in [-0.1, -0.05) is 0 Å². The van der Waals surface area contributed by atoms with Crippen LogP contribution in [0.4, 0.5) is 0 Å². The summed E-state index contributed by atoms with van der Waals surface area (Å²) in [5, 5.41) is 3.26. The summed E-state index contributed by atoms with van der Waals surface area (Å²) in [6.07, 6.45) is 5.44. The molecule has 15 heavy (non-hydrogen) atoms. The Morgan fingerprint density at radius 1 is 1.60 bits per heavy atom. The molecule has 5 heteroatoms. The Morgan fingerprint density at radius 3 is 2.93 bits per heavy atom. The van der Waals surface area contributed by atoms with E-state index in [1.54, 1.807) is 6.26 Å². The zero-order valence-corrected chi connectivity index (χ0v) is 10.4. The Hall–Kier alpha value is -0.680. The molecule has 86 valence electrons. The number of nitrogens with zero attached hydrogens (tertiary/aromatic N) is 2. The highest BCUT2D eigenvalue weighted by molar-refractivity contribution is 7.84. The molecule has 0 aliphatic heterocycles. The Kier molecular flexibility index (Phi) is 4.98. The van der Waals surface area contributed by atoms with Crippen molar-refractivity contribution in [3.05, 3.63) is 18.2 Å². The lowest BCUT2D eigenvalue weighted by Gasteiger charge is -2.11. The maximum absolute atomic E-state index is 10.8. The van der Waals surface area contributed by atoms with Crippen molar-refractivity contribution in [3.8, 4) is 0 Å². The van der Waals surface area contributed by atoms with Gasteiger partial charge in [0.25, 0.3) is 0 Å². The van der Waals surface area contributed by atoms with Gasteiger partial charge in [0.05, 0.1) is 12.0 Å². The smallest absolute Gasteiger partial charge is 0.0951 e. The maximum atomic E-state index is 10.8. The normalized spacial score (nSPS) is 13.3. The zero-order chi connectivity index (χ0) is 11.3. The highest BCUT2D eigenvalue weighted by Gasteiger charge is 2.04. The van der Waals surface area contributed by atoms with Crippen molar-refractivity contribution in [3.63, 3.8) is 0 Å². The summed E-state index contributed by atoms with van der Waals surface area (Å²) in [6.45, 7) is 5.83. The third kappa shape index (κ3) is 4.13. The van der Waals surface area contributed by atoms with Crippen molar-refractivity contribution in [1.29, 1.82) is 0 Å². The molecule has 0 amide bonds. The van der Waals surface area contributed by atoms with E-state index in [-0.39, 0.29) is 0 Å². The van der Waals surface area contributed by atoms with E-state index in [4.69, 9.17) is 0 Å². The van der Waals surface area contributed by atoms with Crippen molar-refractivity contribution < 1.29 is 4.21 Å². The third-order valence-corrected chi connectivity index (χ3v) is 2.95. The molecule has 1 atom stereocenters. The molecule has 0 aliphatic carbocycles. The van der Waals surface area contributed by atoms with Crippen molar-refractivity contribution >= 4 is 10.8 Å². The minimum absolute atomic E-state index is 0.435. The van der Waals surface area contributed by atoms with Gasteiger partial charge in [-0.25, -0.2) is 4.98 Å². The van der Waals surface area contributed by atoms with E-state index < -0.39 is 10.8 Å². The number of rotatable bonds is 6. The summed E-state index contributed by atoms with van der Waals surface area (Å²) >= 11 is 0. The molecule has 0 saturated carbocycles. The molecule has 0 spiro atoms. The van der Waals surface area contributed by atoms with Crippen molar-refractivity contribution in [2.45, 2.75) is 26.4 Å². The van der Waals surface area contributed by atoms with Crippen LogP contribution in [-0.4, -0.2) is 32.3 Å². The number of hydrogen-bond acceptors (Lipinski definition) is 3. The molecular formula is C10H19N3OS. The molecule has 1 unspecified atom stereocenters. The number of hydrogen-bond donors (Lipinski definition) is 1. The largest absolute Gasteiger partial charge is 0.331 e. The maximum Gasteiger partial charge on any atom is 0.0951 e. The molecule has 4 nitrogen and oxygen atoms in total. The highest BCUT2D eigenvalue weighted by atomic mass is 32.2. The molecule has 0 aliphatic rings. The summed E-state index contributed by atoms with van der Waals surface area (Å²) in [7, 11) is -0.713. The minimum Gasteiger partial charge on any atom is -0.331 e. The van der Waals surface area contributed by atoms with E-state index in [9.17, 15) is 4.21 Å². The molecule has 0 aromatic carbocycles. The van der Waals surface area contributed by atoms with Gasteiger partial charge in [-0.15, -0.1) is 0 Å². The molecule has 0 saturated heterocycles. The van der Waals surface area contributed by atoms with Crippen molar-refractivity contribution in [1.82, 2.24) is 14.9 Å². The molecule has 1 N–H and O–H groups in total. The Morgan fingerprint density at radius 2 is 2.33 bits per heavy atom. The number of aromatic nitrogens is 2. The van der Waals surface area contributed by atoms with Crippen LogP contribution in [-0.2, 0) is 17.3 Å². The standard InChI is InChI=1S/C10H19N3OS/c1-9(2)13-8-12-7-10(13)6-11-4-5-15(3)14/h7-9,11H,4-6H2,1-3H3. The van der Waals surface area contributed by atoms with Gasteiger partial charge in [-0.05, 0) is 13.8 Å². The van der Waals surface area contributed by atoms with Gasteiger partial charge in [-0.3, -0.25) is 4.21 Å². The van der Waals surface area contributed by atoms with Crippen LogP contribution in [0.15, 0.2) is 12.5 Å². The van der Waals surface area contributed by atoms with Gasteiger partial charge in [0.2, 0.25) is 0 Å². The lowest BCUT2D eigenvalue weighted by Crippen LogP contribution is -2.21. The Balaban J connectivity index is 2.37. The monoisotopic (exact) mass is 229 g/mol. The quantitative estimate of drug-likeness (QED) is 0.738. The van der Waals surface area contributed by atoms with Crippen molar-refractivity contribution in [2.24, 2.45) is 0 Å². The SMILES string of the molecule is CC(C)n1cncc1CNCCS(C)=O. The molecule has 0 radical (unpaired) electrons. The first kappa shape index (κ1) is 12.4. The van der Waals surface area contributed by atoms with Gasteiger partial charge < -0.3 is 9.88 Å². The Bertz CT molecular complexity index is 322. The van der Waals surface area contributed by atoms with E-state index in [1.807, 2.05) is 12.5 Å². The molecular weight excluding hydrogens is 210 g/mol. The van der Waals surface area contributed by atoms with Crippen LogP contribution < -0.4 is 5.32 Å². The van der Waals surface area contributed by atoms with Gasteiger partial charge in [-0.2, -0.15) is 0 Å². The fraction of sp³-hybridized carbons (Fsp3) is 0.700. The fourth-order valence-electron chi connectivity index (χ4n) is 1.37. The second kappa shape index (κ2) is 6.02. The zero-order valence-electron chi connectivity index (χ0n) is 9.56. The first-order valence-electron chi connectivity index (χ1n) is 5.12. The van der Waals surface area contributed by atoms with E-state index in [0.717, 1.165) is 13.1 Å². The Labute approximate surface area is 93.5 Å². The van der Waals surface area contributed by atoms with Crippen LogP contribution in [0.25, 0.3) is 0 Å². The second-order valence-electron chi connectivity index (χ2n) is 3.84. The summed E-state index contributed by atoms with van der Waals surface area (Å²) in [5.41, 5.74) is 1.17. The van der Waals surface area contributed by atoms with Gasteiger partial charge in [0.1, 0.15) is 0 Å². The van der Waals surface area contributed by atoms with E-state index in [2.05, 4.69) is 28.7 Å². The number of imidazole rings is 1. The highest BCUT2D eigenvalue weighted by Crippen LogP contribution is 2.07. The first-order chi connectivity index (χ1) is 7.11. The fourth-order valence-corrected chi connectivity index (χ4v) is 1.80. The first-order valence-corrected chi connectivity index (χ1v) is 6.85. The average molecular weight is 229 g/mol. The average Bonchev–Trinajstić information content (AvgIpc) is 2.60. The van der Waals surface area contributed by atoms with E-state index in [1.165, 1.54) is 5.69 Å². The molecule has 0 fully saturated rings. The van der Waals surface area contributed by atoms with Crippen LogP contribution >= 0.6 is 0 Å². The van der Waals surface area contributed by atoms with Crippen LogP contribution in [0.5, 0.6) is 0 Å². The topological polar surface area (TPSA) is 46.9 Å². The third-order valence-electron chi connectivity index (χ3n) is 2.18. The summed E-state index contributed by atoms with van der Waals surface area (Å²) < 4.78 is 13.0. The second-order valence-corrected chi connectivity index (χ2v) is 5.39. The van der Waals surface area contributed by atoms with Crippen LogP contribution in [0.2, 0.25) is 0 Å². The summed E-state index contributed by atoms with van der Waals surface area (Å²) in [4.78, 5) is 4.12. The van der Waals surface area contributed by atoms with Crippen molar-refractivity contribution in [2.75, 3.05) is 18.6 Å². The lowest BCUT2D eigenvalue weighted by atomic mass is 10.3.